The third-order valence-electron chi connectivity index (χ3n) is 3.41. The zero-order valence-corrected chi connectivity index (χ0v) is 10.8. The Morgan fingerprint density at radius 3 is 3.06 bits per heavy atom. The number of aromatic nitrogens is 2. The predicted octanol–water partition coefficient (Wildman–Crippen LogP) is 2.07. The van der Waals surface area contributed by atoms with Crippen LogP contribution in [0.5, 0.6) is 0 Å². The number of ether oxygens (including phenoxy) is 1. The molecule has 1 N–H and O–H groups in total. The Labute approximate surface area is 103 Å². The number of rotatable bonds is 4. The van der Waals surface area contributed by atoms with E-state index in [-0.39, 0.29) is 0 Å². The predicted molar refractivity (Wildman–Crippen MR) is 67.6 cm³/mol. The molecule has 94 valence electrons. The number of hydrogen-bond donors (Lipinski definition) is 1. The van der Waals surface area contributed by atoms with E-state index in [4.69, 9.17) is 4.74 Å². The molecule has 2 rings (SSSR count). The minimum atomic E-state index is 0.305. The van der Waals surface area contributed by atoms with Crippen LogP contribution in [0.3, 0.4) is 0 Å². The van der Waals surface area contributed by atoms with Crippen molar-refractivity contribution in [2.75, 3.05) is 6.54 Å². The summed E-state index contributed by atoms with van der Waals surface area (Å²) in [6.07, 6.45) is 8.35. The van der Waals surface area contributed by atoms with Gasteiger partial charge in [-0.05, 0) is 32.8 Å². The van der Waals surface area contributed by atoms with Gasteiger partial charge in [0.15, 0.2) is 0 Å². The second-order valence-electron chi connectivity index (χ2n) is 4.65. The molecule has 1 aliphatic heterocycles. The Morgan fingerprint density at radius 1 is 1.65 bits per heavy atom. The van der Waals surface area contributed by atoms with Crippen molar-refractivity contribution in [2.24, 2.45) is 7.05 Å². The molecule has 17 heavy (non-hydrogen) atoms. The zero-order valence-electron chi connectivity index (χ0n) is 10.8. The standard InChI is InChI=1S/C13H21N3O/c1-10(13-9-15-16(3)11(13)2)14-8-12-6-4-5-7-17-12/h5,7,9-10,12,14H,4,6,8H2,1-3H3. The van der Waals surface area contributed by atoms with Crippen molar-refractivity contribution >= 4 is 0 Å². The van der Waals surface area contributed by atoms with Crippen molar-refractivity contribution in [2.45, 2.75) is 38.8 Å². The molecule has 0 bridgehead atoms. The molecule has 0 radical (unpaired) electrons. The Kier molecular flexibility index (Phi) is 3.84. The molecule has 0 spiro atoms. The minimum absolute atomic E-state index is 0.305. The number of nitrogens with zero attached hydrogens (tertiary/aromatic N) is 2. The van der Waals surface area contributed by atoms with Crippen LogP contribution < -0.4 is 5.32 Å². The van der Waals surface area contributed by atoms with Crippen molar-refractivity contribution in [3.63, 3.8) is 0 Å². The van der Waals surface area contributed by atoms with Crippen LogP contribution in [0.1, 0.15) is 37.1 Å². The molecule has 0 amide bonds. The second kappa shape index (κ2) is 5.36. The van der Waals surface area contributed by atoms with Gasteiger partial charge in [-0.2, -0.15) is 5.10 Å². The molecule has 0 fully saturated rings. The highest BCUT2D eigenvalue weighted by molar-refractivity contribution is 5.19. The fourth-order valence-corrected chi connectivity index (χ4v) is 2.09. The van der Waals surface area contributed by atoms with Gasteiger partial charge in [0.25, 0.3) is 0 Å². The number of nitrogens with one attached hydrogen (secondary N) is 1. The molecular weight excluding hydrogens is 214 g/mol. The minimum Gasteiger partial charge on any atom is -0.497 e. The van der Waals surface area contributed by atoms with Gasteiger partial charge in [0.2, 0.25) is 0 Å². The normalized spacial score (nSPS) is 21.2. The van der Waals surface area contributed by atoms with Crippen molar-refractivity contribution in [3.05, 3.63) is 29.8 Å². The maximum atomic E-state index is 5.54. The van der Waals surface area contributed by atoms with Crippen LogP contribution in [0.15, 0.2) is 18.5 Å². The van der Waals surface area contributed by atoms with Crippen LogP contribution in [0.2, 0.25) is 0 Å². The molecule has 2 atom stereocenters. The molecule has 2 unspecified atom stereocenters. The van der Waals surface area contributed by atoms with Gasteiger partial charge in [-0.25, -0.2) is 0 Å². The lowest BCUT2D eigenvalue weighted by molar-refractivity contribution is 0.120. The van der Waals surface area contributed by atoms with E-state index in [1.807, 2.05) is 24.2 Å². The van der Waals surface area contributed by atoms with Crippen molar-refractivity contribution in [1.82, 2.24) is 15.1 Å². The first-order valence-corrected chi connectivity index (χ1v) is 6.21. The summed E-state index contributed by atoms with van der Waals surface area (Å²) < 4.78 is 7.45. The maximum Gasteiger partial charge on any atom is 0.110 e. The quantitative estimate of drug-likeness (QED) is 0.868. The summed E-state index contributed by atoms with van der Waals surface area (Å²) in [6.45, 7) is 5.16. The lowest BCUT2D eigenvalue weighted by Gasteiger charge is -2.22. The number of hydrogen-bond acceptors (Lipinski definition) is 3. The van der Waals surface area contributed by atoms with E-state index in [0.717, 1.165) is 19.4 Å². The van der Waals surface area contributed by atoms with Crippen molar-refractivity contribution in [3.8, 4) is 0 Å². The van der Waals surface area contributed by atoms with Gasteiger partial charge in [-0.15, -0.1) is 0 Å². The van der Waals surface area contributed by atoms with Crippen LogP contribution in [-0.4, -0.2) is 22.4 Å². The summed E-state index contributed by atoms with van der Waals surface area (Å²) in [7, 11) is 1.97. The maximum absolute atomic E-state index is 5.54. The van der Waals surface area contributed by atoms with Gasteiger partial charge in [-0.1, -0.05) is 0 Å². The van der Waals surface area contributed by atoms with E-state index in [0.29, 0.717) is 12.1 Å². The van der Waals surface area contributed by atoms with E-state index < -0.39 is 0 Å². The lowest BCUT2D eigenvalue weighted by Crippen LogP contribution is -2.31. The molecule has 4 nitrogen and oxygen atoms in total. The fraction of sp³-hybridized carbons (Fsp3) is 0.615. The van der Waals surface area contributed by atoms with Crippen LogP contribution in [-0.2, 0) is 11.8 Å². The first-order chi connectivity index (χ1) is 8.18. The Hall–Kier alpha value is -1.29. The SMILES string of the molecule is Cc1c(C(C)NCC2CCC=CO2)cnn1C. The zero-order chi connectivity index (χ0) is 12.3. The van der Waals surface area contributed by atoms with E-state index in [9.17, 15) is 0 Å². The largest absolute Gasteiger partial charge is 0.497 e. The highest BCUT2D eigenvalue weighted by Gasteiger charge is 2.15. The third kappa shape index (κ3) is 2.88. The van der Waals surface area contributed by atoms with Gasteiger partial charge >= 0.3 is 0 Å². The summed E-state index contributed by atoms with van der Waals surface area (Å²) in [5.41, 5.74) is 2.48. The molecule has 1 aliphatic rings. The molecular formula is C13H21N3O. The van der Waals surface area contributed by atoms with Crippen LogP contribution in [0.25, 0.3) is 0 Å². The van der Waals surface area contributed by atoms with Gasteiger partial charge < -0.3 is 10.1 Å². The molecule has 1 aromatic heterocycles. The van der Waals surface area contributed by atoms with E-state index in [1.54, 1.807) is 0 Å². The molecule has 0 saturated heterocycles. The summed E-state index contributed by atoms with van der Waals surface area (Å²) in [6, 6.07) is 0.318. The summed E-state index contributed by atoms with van der Waals surface area (Å²) >= 11 is 0. The molecule has 0 saturated carbocycles. The van der Waals surface area contributed by atoms with E-state index in [1.165, 1.54) is 11.3 Å². The second-order valence-corrected chi connectivity index (χ2v) is 4.65. The van der Waals surface area contributed by atoms with E-state index >= 15 is 0 Å². The molecule has 0 aliphatic carbocycles. The Morgan fingerprint density at radius 2 is 2.47 bits per heavy atom. The summed E-state index contributed by atoms with van der Waals surface area (Å²) in [4.78, 5) is 0. The third-order valence-corrected chi connectivity index (χ3v) is 3.41. The summed E-state index contributed by atoms with van der Waals surface area (Å²) in [5.74, 6) is 0. The van der Waals surface area contributed by atoms with Crippen LogP contribution >= 0.6 is 0 Å². The average molecular weight is 235 g/mol. The highest BCUT2D eigenvalue weighted by atomic mass is 16.5. The van der Waals surface area contributed by atoms with Crippen molar-refractivity contribution < 1.29 is 4.74 Å². The topological polar surface area (TPSA) is 39.1 Å². The molecule has 1 aromatic rings. The molecule has 2 heterocycles. The van der Waals surface area contributed by atoms with Gasteiger partial charge in [0.1, 0.15) is 6.10 Å². The first kappa shape index (κ1) is 12.2. The fourth-order valence-electron chi connectivity index (χ4n) is 2.09. The van der Waals surface area contributed by atoms with E-state index in [2.05, 4.69) is 30.3 Å². The van der Waals surface area contributed by atoms with Gasteiger partial charge in [-0.3, -0.25) is 4.68 Å². The number of aryl methyl sites for hydroxylation is 1. The van der Waals surface area contributed by atoms with Gasteiger partial charge in [0, 0.05) is 30.9 Å². The average Bonchev–Trinajstić information content (AvgIpc) is 2.69. The number of allylic oxidation sites excluding steroid dienone is 1. The Bertz CT molecular complexity index is 397. The highest BCUT2D eigenvalue weighted by Crippen LogP contribution is 2.17. The Balaban J connectivity index is 1.86. The van der Waals surface area contributed by atoms with Gasteiger partial charge in [0.05, 0.1) is 12.5 Å². The summed E-state index contributed by atoms with van der Waals surface area (Å²) in [5, 5.41) is 7.78. The first-order valence-electron chi connectivity index (χ1n) is 6.21. The molecule has 0 aromatic carbocycles. The smallest absolute Gasteiger partial charge is 0.110 e. The van der Waals surface area contributed by atoms with Crippen molar-refractivity contribution in [1.29, 1.82) is 0 Å². The van der Waals surface area contributed by atoms with Crippen LogP contribution in [0.4, 0.5) is 0 Å². The monoisotopic (exact) mass is 235 g/mol. The lowest BCUT2D eigenvalue weighted by atomic mass is 10.1. The molecule has 4 heteroatoms. The van der Waals surface area contributed by atoms with Crippen LogP contribution in [0, 0.1) is 6.92 Å².